The number of rotatable bonds is 19. The van der Waals surface area contributed by atoms with E-state index in [0.717, 1.165) is 19.3 Å². The fourth-order valence-electron chi connectivity index (χ4n) is 3.15. The van der Waals surface area contributed by atoms with Crippen LogP contribution in [0.25, 0.3) is 0 Å². The number of hydrogen-bond acceptors (Lipinski definition) is 3. The maximum absolute atomic E-state index is 8.59. The molecule has 0 saturated carbocycles. The first-order valence-corrected chi connectivity index (χ1v) is 10.7. The SMILES string of the molecule is CCCCCCCCCCCCCCC(CCC)OCC(C)OO. The van der Waals surface area contributed by atoms with E-state index in [-0.39, 0.29) is 6.10 Å². The zero-order valence-electron chi connectivity index (χ0n) is 16.7. The van der Waals surface area contributed by atoms with Crippen molar-refractivity contribution in [3.63, 3.8) is 0 Å². The molecule has 0 fully saturated rings. The van der Waals surface area contributed by atoms with Crippen LogP contribution < -0.4 is 0 Å². The number of unbranched alkanes of at least 4 members (excludes halogenated alkanes) is 11. The van der Waals surface area contributed by atoms with Gasteiger partial charge in [0.15, 0.2) is 0 Å². The molecule has 3 heteroatoms. The Morgan fingerprint density at radius 1 is 0.667 bits per heavy atom. The Morgan fingerprint density at radius 3 is 1.62 bits per heavy atom. The van der Waals surface area contributed by atoms with Gasteiger partial charge in [-0.2, -0.15) is 0 Å². The van der Waals surface area contributed by atoms with Crippen LogP contribution in [0, 0.1) is 0 Å². The van der Waals surface area contributed by atoms with Crippen LogP contribution in [0.15, 0.2) is 0 Å². The maximum atomic E-state index is 8.59. The third-order valence-electron chi connectivity index (χ3n) is 4.74. The summed E-state index contributed by atoms with van der Waals surface area (Å²) in [6, 6.07) is 0. The van der Waals surface area contributed by atoms with Gasteiger partial charge in [0.1, 0.15) is 6.10 Å². The lowest BCUT2D eigenvalue weighted by atomic mass is 10.0. The Labute approximate surface area is 151 Å². The first-order valence-electron chi connectivity index (χ1n) is 10.7. The summed E-state index contributed by atoms with van der Waals surface area (Å²) < 4.78 is 5.85. The molecule has 0 amide bonds. The van der Waals surface area contributed by atoms with Crippen molar-refractivity contribution in [1.29, 1.82) is 0 Å². The quantitative estimate of drug-likeness (QED) is 0.154. The molecule has 2 atom stereocenters. The van der Waals surface area contributed by atoms with Crippen LogP contribution in [0.5, 0.6) is 0 Å². The van der Waals surface area contributed by atoms with Crippen LogP contribution >= 0.6 is 0 Å². The third-order valence-corrected chi connectivity index (χ3v) is 4.74. The smallest absolute Gasteiger partial charge is 0.113 e. The minimum absolute atomic E-state index is 0.230. The second-order valence-electron chi connectivity index (χ2n) is 7.34. The zero-order valence-corrected chi connectivity index (χ0v) is 16.7. The summed E-state index contributed by atoms with van der Waals surface area (Å²) >= 11 is 0. The van der Waals surface area contributed by atoms with Crippen molar-refractivity contribution < 1.29 is 14.9 Å². The van der Waals surface area contributed by atoms with Crippen molar-refractivity contribution in [3.8, 4) is 0 Å². The van der Waals surface area contributed by atoms with Gasteiger partial charge in [0, 0.05) is 0 Å². The van der Waals surface area contributed by atoms with Gasteiger partial charge >= 0.3 is 0 Å². The van der Waals surface area contributed by atoms with E-state index in [2.05, 4.69) is 18.7 Å². The van der Waals surface area contributed by atoms with Gasteiger partial charge in [-0.1, -0.05) is 97.3 Å². The van der Waals surface area contributed by atoms with Crippen LogP contribution in [0.2, 0.25) is 0 Å². The molecule has 0 spiro atoms. The van der Waals surface area contributed by atoms with Gasteiger partial charge in [-0.15, -0.1) is 0 Å². The van der Waals surface area contributed by atoms with Gasteiger partial charge in [0.25, 0.3) is 0 Å². The molecule has 0 bridgehead atoms. The van der Waals surface area contributed by atoms with E-state index < -0.39 is 0 Å². The van der Waals surface area contributed by atoms with Crippen molar-refractivity contribution in [3.05, 3.63) is 0 Å². The Balaban J connectivity index is 3.38. The van der Waals surface area contributed by atoms with Gasteiger partial charge in [-0.25, -0.2) is 4.89 Å². The molecule has 0 aromatic heterocycles. The van der Waals surface area contributed by atoms with Crippen molar-refractivity contribution in [2.45, 2.75) is 129 Å². The van der Waals surface area contributed by atoms with Crippen molar-refractivity contribution in [2.24, 2.45) is 0 Å². The molecule has 0 aliphatic heterocycles. The Hall–Kier alpha value is -0.120. The molecular weight excluding hydrogens is 300 g/mol. The number of ether oxygens (including phenoxy) is 1. The average Bonchev–Trinajstić information content (AvgIpc) is 2.60. The summed E-state index contributed by atoms with van der Waals surface area (Å²) in [5, 5.41) is 8.59. The van der Waals surface area contributed by atoms with Gasteiger partial charge in [-0.05, 0) is 19.8 Å². The molecule has 0 aromatic carbocycles. The summed E-state index contributed by atoms with van der Waals surface area (Å²) in [4.78, 5) is 4.27. The van der Waals surface area contributed by atoms with Crippen molar-refractivity contribution >= 4 is 0 Å². The molecule has 0 rings (SSSR count). The molecular formula is C21H44O3. The lowest BCUT2D eigenvalue weighted by Crippen LogP contribution is -2.21. The highest BCUT2D eigenvalue weighted by atomic mass is 17.1. The first kappa shape index (κ1) is 23.9. The molecule has 3 nitrogen and oxygen atoms in total. The lowest BCUT2D eigenvalue weighted by molar-refractivity contribution is -0.284. The molecule has 0 aliphatic rings. The highest BCUT2D eigenvalue weighted by Gasteiger charge is 2.10. The fourth-order valence-corrected chi connectivity index (χ4v) is 3.15. The van der Waals surface area contributed by atoms with Crippen molar-refractivity contribution in [2.75, 3.05) is 6.61 Å². The van der Waals surface area contributed by atoms with E-state index in [1.807, 2.05) is 6.92 Å². The summed E-state index contributed by atoms with van der Waals surface area (Å²) in [5.74, 6) is 0. The molecule has 1 N–H and O–H groups in total. The minimum atomic E-state index is -0.230. The summed E-state index contributed by atoms with van der Waals surface area (Å²) in [7, 11) is 0. The molecule has 2 unspecified atom stereocenters. The maximum Gasteiger partial charge on any atom is 0.113 e. The van der Waals surface area contributed by atoms with E-state index in [1.165, 1.54) is 77.0 Å². The minimum Gasteiger partial charge on any atom is -0.375 e. The molecule has 24 heavy (non-hydrogen) atoms. The van der Waals surface area contributed by atoms with E-state index in [1.54, 1.807) is 0 Å². The summed E-state index contributed by atoms with van der Waals surface area (Å²) in [6.07, 6.45) is 20.2. The monoisotopic (exact) mass is 344 g/mol. The van der Waals surface area contributed by atoms with E-state index in [0.29, 0.717) is 12.7 Å². The second-order valence-corrected chi connectivity index (χ2v) is 7.34. The summed E-state index contributed by atoms with van der Waals surface area (Å²) in [6.45, 7) is 6.79. The van der Waals surface area contributed by atoms with Gasteiger partial charge in [0.2, 0.25) is 0 Å². The predicted octanol–water partition coefficient (Wildman–Crippen LogP) is 7.14. The van der Waals surface area contributed by atoms with Crippen LogP contribution in [0.1, 0.15) is 117 Å². The van der Waals surface area contributed by atoms with E-state index >= 15 is 0 Å². The lowest BCUT2D eigenvalue weighted by Gasteiger charge is -2.19. The van der Waals surface area contributed by atoms with Crippen molar-refractivity contribution in [1.82, 2.24) is 0 Å². The normalized spacial score (nSPS) is 14.0. The third kappa shape index (κ3) is 16.7. The fraction of sp³-hybridized carbons (Fsp3) is 1.00. The van der Waals surface area contributed by atoms with Gasteiger partial charge in [-0.3, -0.25) is 5.26 Å². The average molecular weight is 345 g/mol. The van der Waals surface area contributed by atoms with Crippen LogP contribution in [0.4, 0.5) is 0 Å². The Kier molecular flexibility index (Phi) is 19.1. The zero-order chi connectivity index (χ0) is 17.9. The van der Waals surface area contributed by atoms with Crippen LogP contribution in [0.3, 0.4) is 0 Å². The Morgan fingerprint density at radius 2 is 1.17 bits per heavy atom. The highest BCUT2D eigenvalue weighted by molar-refractivity contribution is 4.60. The molecule has 0 aromatic rings. The number of hydrogen-bond donors (Lipinski definition) is 1. The van der Waals surface area contributed by atoms with E-state index in [4.69, 9.17) is 9.99 Å². The molecule has 0 saturated heterocycles. The summed E-state index contributed by atoms with van der Waals surface area (Å²) in [5.41, 5.74) is 0. The topological polar surface area (TPSA) is 38.7 Å². The van der Waals surface area contributed by atoms with Gasteiger partial charge < -0.3 is 4.74 Å². The van der Waals surface area contributed by atoms with Crippen LogP contribution in [-0.4, -0.2) is 24.1 Å². The standard InChI is InChI=1S/C21H44O3/c1-4-6-7-8-9-10-11-12-13-14-15-16-18-21(17-5-2)23-19-20(3)24-22/h20-22H,4-19H2,1-3H3. The molecule has 0 aliphatic carbocycles. The Bertz CT molecular complexity index is 233. The molecule has 0 heterocycles. The predicted molar refractivity (Wildman–Crippen MR) is 104 cm³/mol. The highest BCUT2D eigenvalue weighted by Crippen LogP contribution is 2.16. The van der Waals surface area contributed by atoms with E-state index in [9.17, 15) is 0 Å². The second kappa shape index (κ2) is 19.2. The molecule has 146 valence electrons. The first-order chi connectivity index (χ1) is 11.7. The van der Waals surface area contributed by atoms with Crippen LogP contribution in [-0.2, 0) is 9.62 Å². The molecule has 0 radical (unpaired) electrons. The largest absolute Gasteiger partial charge is 0.375 e. The van der Waals surface area contributed by atoms with Gasteiger partial charge in [0.05, 0.1) is 12.7 Å².